The van der Waals surface area contributed by atoms with Crippen molar-refractivity contribution in [2.24, 2.45) is 0 Å². The van der Waals surface area contributed by atoms with Crippen LogP contribution in [0.1, 0.15) is 13.8 Å². The first kappa shape index (κ1) is 18.3. The molecule has 2 aromatic heterocycles. The van der Waals surface area contributed by atoms with Crippen LogP contribution in [0.5, 0.6) is 0 Å². The number of para-hydroxylation sites is 2. The number of rotatable bonds is 3. The van der Waals surface area contributed by atoms with E-state index in [0.717, 1.165) is 48.3 Å². The number of ether oxygens (including phenoxy) is 2. The predicted molar refractivity (Wildman–Crippen MR) is 112 cm³/mol. The SMILES string of the molecule is CC1OCCN(c2cc(-n3cnc4ccccc43)nc(N3CCOCC3)n2)C1C. The van der Waals surface area contributed by atoms with E-state index in [4.69, 9.17) is 19.4 Å². The molecule has 2 unspecified atom stereocenters. The first-order valence-corrected chi connectivity index (χ1v) is 10.2. The van der Waals surface area contributed by atoms with Gasteiger partial charge in [-0.2, -0.15) is 9.97 Å². The number of hydrogen-bond donors (Lipinski definition) is 0. The summed E-state index contributed by atoms with van der Waals surface area (Å²) in [6.07, 6.45) is 1.99. The second kappa shape index (κ2) is 7.61. The normalized spacial score (nSPS) is 23.0. The van der Waals surface area contributed by atoms with E-state index >= 15 is 0 Å². The molecule has 0 radical (unpaired) electrons. The second-order valence-corrected chi connectivity index (χ2v) is 7.60. The average molecular weight is 394 g/mol. The van der Waals surface area contributed by atoms with Crippen LogP contribution in [0.15, 0.2) is 36.7 Å². The lowest BCUT2D eigenvalue weighted by atomic mass is 10.1. The Morgan fingerprint density at radius 2 is 1.76 bits per heavy atom. The molecule has 0 bridgehead atoms. The number of benzene rings is 1. The number of morpholine rings is 2. The summed E-state index contributed by atoms with van der Waals surface area (Å²) in [7, 11) is 0. The molecule has 2 saturated heterocycles. The van der Waals surface area contributed by atoms with Gasteiger partial charge in [0.15, 0.2) is 0 Å². The lowest BCUT2D eigenvalue weighted by Gasteiger charge is -2.39. The zero-order valence-corrected chi connectivity index (χ0v) is 16.9. The summed E-state index contributed by atoms with van der Waals surface area (Å²) in [6.45, 7) is 8.80. The van der Waals surface area contributed by atoms with Gasteiger partial charge in [0, 0.05) is 25.7 Å². The fraction of sp³-hybridized carbons (Fsp3) is 0.476. The van der Waals surface area contributed by atoms with Crippen LogP contribution in [0, 0.1) is 0 Å². The quantitative estimate of drug-likeness (QED) is 0.675. The number of imidazole rings is 1. The molecule has 2 aliphatic rings. The van der Waals surface area contributed by atoms with Crippen molar-refractivity contribution < 1.29 is 9.47 Å². The summed E-state index contributed by atoms with van der Waals surface area (Å²) in [6, 6.07) is 10.4. The summed E-state index contributed by atoms with van der Waals surface area (Å²) in [5, 5.41) is 0. The Morgan fingerprint density at radius 1 is 0.966 bits per heavy atom. The van der Waals surface area contributed by atoms with Crippen molar-refractivity contribution in [2.75, 3.05) is 49.3 Å². The van der Waals surface area contributed by atoms with E-state index in [1.807, 2.05) is 29.1 Å². The largest absolute Gasteiger partial charge is 0.378 e. The van der Waals surface area contributed by atoms with E-state index in [2.05, 4.69) is 40.8 Å². The van der Waals surface area contributed by atoms with Crippen LogP contribution in [0.4, 0.5) is 11.8 Å². The van der Waals surface area contributed by atoms with Gasteiger partial charge in [-0.1, -0.05) is 12.1 Å². The fourth-order valence-electron chi connectivity index (χ4n) is 3.98. The van der Waals surface area contributed by atoms with Gasteiger partial charge in [-0.25, -0.2) is 4.98 Å². The molecule has 8 heteroatoms. The van der Waals surface area contributed by atoms with E-state index in [1.54, 1.807) is 0 Å². The second-order valence-electron chi connectivity index (χ2n) is 7.60. The molecule has 4 heterocycles. The highest BCUT2D eigenvalue weighted by atomic mass is 16.5. The van der Waals surface area contributed by atoms with E-state index in [9.17, 15) is 0 Å². The van der Waals surface area contributed by atoms with Crippen LogP contribution in [0.25, 0.3) is 16.9 Å². The van der Waals surface area contributed by atoms with Crippen molar-refractivity contribution in [1.82, 2.24) is 19.5 Å². The van der Waals surface area contributed by atoms with Crippen molar-refractivity contribution in [3.05, 3.63) is 36.7 Å². The minimum atomic E-state index is 0.156. The molecule has 152 valence electrons. The molecule has 0 amide bonds. The molecule has 0 spiro atoms. The maximum absolute atomic E-state index is 5.82. The lowest BCUT2D eigenvalue weighted by molar-refractivity contribution is 0.0281. The summed E-state index contributed by atoms with van der Waals surface area (Å²) in [5.41, 5.74) is 1.99. The van der Waals surface area contributed by atoms with E-state index in [-0.39, 0.29) is 12.1 Å². The van der Waals surface area contributed by atoms with Crippen molar-refractivity contribution in [3.63, 3.8) is 0 Å². The van der Waals surface area contributed by atoms with Crippen molar-refractivity contribution >= 4 is 22.8 Å². The van der Waals surface area contributed by atoms with Gasteiger partial charge in [0.05, 0.1) is 43.0 Å². The first-order chi connectivity index (χ1) is 14.2. The topological polar surface area (TPSA) is 68.5 Å². The zero-order chi connectivity index (χ0) is 19.8. The van der Waals surface area contributed by atoms with Crippen LogP contribution in [0.3, 0.4) is 0 Å². The van der Waals surface area contributed by atoms with Crippen LogP contribution in [0.2, 0.25) is 0 Å². The molecule has 5 rings (SSSR count). The van der Waals surface area contributed by atoms with E-state index in [1.165, 1.54) is 0 Å². The standard InChI is InChI=1S/C21H26N6O2/c1-15-16(2)29-12-9-26(15)19-13-20(24-21(23-19)25-7-10-28-11-8-25)27-14-22-17-5-3-4-6-18(17)27/h3-6,13-16H,7-12H2,1-2H3. The number of fused-ring (bicyclic) bond motifs is 1. The third-order valence-electron chi connectivity index (χ3n) is 5.86. The monoisotopic (exact) mass is 394 g/mol. The van der Waals surface area contributed by atoms with Crippen LogP contribution in [-0.2, 0) is 9.47 Å². The third-order valence-corrected chi connectivity index (χ3v) is 5.86. The fourth-order valence-corrected chi connectivity index (χ4v) is 3.98. The van der Waals surface area contributed by atoms with Crippen molar-refractivity contribution in [1.29, 1.82) is 0 Å². The highest BCUT2D eigenvalue weighted by molar-refractivity contribution is 5.77. The molecule has 2 aliphatic heterocycles. The summed E-state index contributed by atoms with van der Waals surface area (Å²) in [5.74, 6) is 2.50. The Balaban J connectivity index is 1.62. The summed E-state index contributed by atoms with van der Waals surface area (Å²) < 4.78 is 13.4. The molecule has 1 aromatic carbocycles. The van der Waals surface area contributed by atoms with Crippen LogP contribution >= 0.6 is 0 Å². The third kappa shape index (κ3) is 3.42. The van der Waals surface area contributed by atoms with Gasteiger partial charge >= 0.3 is 0 Å². The van der Waals surface area contributed by atoms with Gasteiger partial charge in [-0.05, 0) is 26.0 Å². The van der Waals surface area contributed by atoms with Gasteiger partial charge in [0.25, 0.3) is 0 Å². The smallest absolute Gasteiger partial charge is 0.229 e. The van der Waals surface area contributed by atoms with Gasteiger partial charge in [-0.15, -0.1) is 0 Å². The number of anilines is 2. The maximum Gasteiger partial charge on any atom is 0.229 e. The molecule has 0 saturated carbocycles. The van der Waals surface area contributed by atoms with Gasteiger partial charge in [0.1, 0.15) is 18.0 Å². The predicted octanol–water partition coefficient (Wildman–Crippen LogP) is 2.27. The van der Waals surface area contributed by atoms with Gasteiger partial charge < -0.3 is 19.3 Å². The van der Waals surface area contributed by atoms with Gasteiger partial charge in [0.2, 0.25) is 5.95 Å². The highest BCUT2D eigenvalue weighted by Crippen LogP contribution is 2.27. The minimum Gasteiger partial charge on any atom is -0.378 e. The van der Waals surface area contributed by atoms with E-state index < -0.39 is 0 Å². The number of aromatic nitrogens is 4. The average Bonchev–Trinajstić information content (AvgIpc) is 3.20. The molecule has 3 aromatic rings. The Kier molecular flexibility index (Phi) is 4.81. The Morgan fingerprint density at radius 3 is 2.62 bits per heavy atom. The molecule has 2 fully saturated rings. The number of nitrogens with zero attached hydrogens (tertiary/aromatic N) is 6. The molecule has 0 aliphatic carbocycles. The minimum absolute atomic E-state index is 0.156. The maximum atomic E-state index is 5.82. The van der Waals surface area contributed by atoms with Crippen molar-refractivity contribution in [3.8, 4) is 5.82 Å². The molecule has 8 nitrogen and oxygen atoms in total. The summed E-state index contributed by atoms with van der Waals surface area (Å²) >= 11 is 0. The molecular formula is C21H26N6O2. The molecule has 29 heavy (non-hydrogen) atoms. The lowest BCUT2D eigenvalue weighted by Crippen LogP contribution is -2.49. The summed E-state index contributed by atoms with van der Waals surface area (Å²) in [4.78, 5) is 18.9. The Hall–Kier alpha value is -2.71. The van der Waals surface area contributed by atoms with E-state index in [0.29, 0.717) is 19.8 Å². The molecule has 2 atom stereocenters. The molecule has 0 N–H and O–H groups in total. The van der Waals surface area contributed by atoms with Gasteiger partial charge in [-0.3, -0.25) is 4.57 Å². The van der Waals surface area contributed by atoms with Crippen LogP contribution in [-0.4, -0.2) is 71.1 Å². The highest BCUT2D eigenvalue weighted by Gasteiger charge is 2.28. The zero-order valence-electron chi connectivity index (χ0n) is 16.9. The first-order valence-electron chi connectivity index (χ1n) is 10.2. The Bertz CT molecular complexity index is 1000. The molecular weight excluding hydrogens is 368 g/mol. The Labute approximate surface area is 170 Å². The van der Waals surface area contributed by atoms with Crippen LogP contribution < -0.4 is 9.80 Å². The van der Waals surface area contributed by atoms with Crippen molar-refractivity contribution in [2.45, 2.75) is 26.0 Å². The number of hydrogen-bond acceptors (Lipinski definition) is 7.